The molecule has 2 heterocycles. The second kappa shape index (κ2) is 10.7. The van der Waals surface area contributed by atoms with Gasteiger partial charge in [-0.1, -0.05) is 6.07 Å². The molecule has 0 spiro atoms. The molecule has 1 saturated carbocycles. The van der Waals surface area contributed by atoms with Crippen LogP contribution in [0.4, 0.5) is 13.2 Å². The van der Waals surface area contributed by atoms with Gasteiger partial charge in [0.25, 0.3) is 0 Å². The second-order valence-corrected chi connectivity index (χ2v) is 11.7. The first-order valence-corrected chi connectivity index (χ1v) is 13.7. The van der Waals surface area contributed by atoms with E-state index < -0.39 is 21.6 Å². The van der Waals surface area contributed by atoms with Gasteiger partial charge in [-0.2, -0.15) is 13.2 Å². The van der Waals surface area contributed by atoms with Crippen LogP contribution in [0.1, 0.15) is 48.8 Å². The number of alkyl halides is 3. The highest BCUT2D eigenvalue weighted by Crippen LogP contribution is 2.34. The van der Waals surface area contributed by atoms with Crippen molar-refractivity contribution < 1.29 is 31.1 Å². The minimum atomic E-state index is -4.35. The third-order valence-electron chi connectivity index (χ3n) is 6.33. The van der Waals surface area contributed by atoms with E-state index in [1.165, 1.54) is 6.07 Å². The van der Waals surface area contributed by atoms with E-state index in [4.69, 9.17) is 4.74 Å². The Bertz CT molecular complexity index is 922. The highest BCUT2D eigenvalue weighted by Gasteiger charge is 2.36. The molecule has 2 aliphatic heterocycles. The van der Waals surface area contributed by atoms with Crippen molar-refractivity contribution in [3.63, 3.8) is 0 Å². The van der Waals surface area contributed by atoms with Gasteiger partial charge in [0.15, 0.2) is 0 Å². The molecule has 1 aromatic rings. The normalized spacial score (nSPS) is 24.1. The highest BCUT2D eigenvalue weighted by atomic mass is 32.2. The van der Waals surface area contributed by atoms with E-state index in [0.29, 0.717) is 30.6 Å². The van der Waals surface area contributed by atoms with E-state index in [2.05, 4.69) is 5.32 Å². The summed E-state index contributed by atoms with van der Waals surface area (Å²) in [6.45, 7) is 2.46. The molecule has 0 radical (unpaired) electrons. The molecule has 0 bridgehead atoms. The van der Waals surface area contributed by atoms with Crippen molar-refractivity contribution in [2.75, 3.05) is 32.3 Å². The van der Waals surface area contributed by atoms with Crippen LogP contribution in [0.3, 0.4) is 0 Å². The number of hydrogen-bond acceptors (Lipinski definition) is 5. The molecule has 10 heteroatoms. The van der Waals surface area contributed by atoms with Gasteiger partial charge in [-0.05, 0) is 61.8 Å². The van der Waals surface area contributed by atoms with Crippen LogP contribution in [0.25, 0.3) is 0 Å². The lowest BCUT2D eigenvalue weighted by atomic mass is 9.95. The van der Waals surface area contributed by atoms with E-state index in [1.807, 2.05) is 0 Å². The molecule has 1 N–H and O–H groups in total. The zero-order valence-electron chi connectivity index (χ0n) is 19.2. The SMILES string of the molecule is CS(C)(=O)=O.O=C(C1CCC(NC2CCOCC2)C1)N1CCc2ccc(C(F)(F)F)cc2C1. The molecule has 6 nitrogen and oxygen atoms in total. The predicted molar refractivity (Wildman–Crippen MR) is 119 cm³/mol. The number of ether oxygens (including phenoxy) is 1. The van der Waals surface area contributed by atoms with Gasteiger partial charge in [-0.3, -0.25) is 4.79 Å². The largest absolute Gasteiger partial charge is 0.416 e. The Labute approximate surface area is 193 Å². The number of carbonyl (C=O) groups is 1. The maximum Gasteiger partial charge on any atom is 0.416 e. The van der Waals surface area contributed by atoms with Gasteiger partial charge < -0.3 is 15.0 Å². The standard InChI is InChI=1S/C21H27F3N2O2.C2H6O2S/c22-21(23,24)17-3-1-14-5-8-26(13-16(14)11-17)20(27)15-2-4-19(12-15)25-18-6-9-28-10-7-18;1-5(2,3)4/h1,3,11,15,18-19,25H,2,4-10,12-13H2;1-2H3. The van der Waals surface area contributed by atoms with Gasteiger partial charge in [-0.15, -0.1) is 0 Å². The average molecular weight is 491 g/mol. The number of sulfone groups is 1. The first-order valence-electron chi connectivity index (χ1n) is 11.4. The number of nitrogens with zero attached hydrogens (tertiary/aromatic N) is 1. The van der Waals surface area contributed by atoms with Gasteiger partial charge in [0, 0.05) is 56.8 Å². The van der Waals surface area contributed by atoms with Gasteiger partial charge in [-0.25, -0.2) is 8.42 Å². The fourth-order valence-corrected chi connectivity index (χ4v) is 4.73. The van der Waals surface area contributed by atoms with Crippen LogP contribution in [0.15, 0.2) is 18.2 Å². The zero-order valence-corrected chi connectivity index (χ0v) is 20.0. The summed E-state index contributed by atoms with van der Waals surface area (Å²) in [6, 6.07) is 4.73. The first-order chi connectivity index (χ1) is 15.4. The number of benzene rings is 1. The third kappa shape index (κ3) is 7.96. The van der Waals surface area contributed by atoms with Crippen LogP contribution in [-0.4, -0.2) is 63.6 Å². The number of halogens is 3. The van der Waals surface area contributed by atoms with Crippen molar-refractivity contribution in [2.45, 2.75) is 63.3 Å². The van der Waals surface area contributed by atoms with Gasteiger partial charge in [0.1, 0.15) is 9.84 Å². The lowest BCUT2D eigenvalue weighted by molar-refractivity contribution is -0.137. The number of amides is 1. The fourth-order valence-electron chi connectivity index (χ4n) is 4.73. The molecule has 4 rings (SSSR count). The molecule has 186 valence electrons. The number of nitrogens with one attached hydrogen (secondary N) is 1. The van der Waals surface area contributed by atoms with E-state index in [-0.39, 0.29) is 18.4 Å². The topological polar surface area (TPSA) is 75.7 Å². The van der Waals surface area contributed by atoms with E-state index >= 15 is 0 Å². The summed E-state index contributed by atoms with van der Waals surface area (Å²) in [5.41, 5.74) is 0.911. The molecular formula is C23H33F3N2O4S. The molecule has 1 aromatic carbocycles. The van der Waals surface area contributed by atoms with Crippen LogP contribution in [0.2, 0.25) is 0 Å². The number of carbonyl (C=O) groups excluding carboxylic acids is 1. The average Bonchev–Trinajstić information content (AvgIpc) is 3.19. The van der Waals surface area contributed by atoms with Crippen molar-refractivity contribution in [3.05, 3.63) is 34.9 Å². The van der Waals surface area contributed by atoms with Crippen molar-refractivity contribution in [1.82, 2.24) is 10.2 Å². The maximum atomic E-state index is 13.0. The summed E-state index contributed by atoms with van der Waals surface area (Å²) in [5, 5.41) is 3.67. The zero-order chi connectivity index (χ0) is 24.2. The Kier molecular flexibility index (Phi) is 8.45. The summed E-state index contributed by atoms with van der Waals surface area (Å²) in [7, 11) is -2.67. The summed E-state index contributed by atoms with van der Waals surface area (Å²) in [4.78, 5) is 14.7. The summed E-state index contributed by atoms with van der Waals surface area (Å²) in [5.74, 6) is 0.0732. The number of fused-ring (bicyclic) bond motifs is 1. The van der Waals surface area contributed by atoms with Gasteiger partial charge in [0.05, 0.1) is 5.56 Å². The number of rotatable bonds is 3. The quantitative estimate of drug-likeness (QED) is 0.705. The molecule has 2 unspecified atom stereocenters. The molecule has 0 aromatic heterocycles. The van der Waals surface area contributed by atoms with Crippen molar-refractivity contribution in [1.29, 1.82) is 0 Å². The molecular weight excluding hydrogens is 457 g/mol. The molecule has 2 fully saturated rings. The highest BCUT2D eigenvalue weighted by molar-refractivity contribution is 7.89. The first kappa shape index (κ1) is 26.0. The van der Waals surface area contributed by atoms with Crippen LogP contribution in [0, 0.1) is 5.92 Å². The second-order valence-electron chi connectivity index (χ2n) is 9.39. The molecule has 2 atom stereocenters. The fraction of sp³-hybridized carbons (Fsp3) is 0.696. The molecule has 1 aliphatic carbocycles. The third-order valence-corrected chi connectivity index (χ3v) is 6.33. The Morgan fingerprint density at radius 1 is 1.06 bits per heavy atom. The molecule has 1 amide bonds. The van der Waals surface area contributed by atoms with Gasteiger partial charge >= 0.3 is 6.18 Å². The van der Waals surface area contributed by atoms with Crippen molar-refractivity contribution in [3.8, 4) is 0 Å². The van der Waals surface area contributed by atoms with E-state index in [1.54, 1.807) is 11.0 Å². The van der Waals surface area contributed by atoms with E-state index in [0.717, 1.165) is 69.5 Å². The monoisotopic (exact) mass is 490 g/mol. The van der Waals surface area contributed by atoms with Gasteiger partial charge in [0.2, 0.25) is 5.91 Å². The van der Waals surface area contributed by atoms with E-state index in [9.17, 15) is 26.4 Å². The minimum absolute atomic E-state index is 0.0234. The summed E-state index contributed by atoms with van der Waals surface area (Å²) < 4.78 is 63.7. The van der Waals surface area contributed by atoms with Crippen molar-refractivity contribution in [2.24, 2.45) is 5.92 Å². The Morgan fingerprint density at radius 3 is 2.36 bits per heavy atom. The Hall–Kier alpha value is -1.65. The minimum Gasteiger partial charge on any atom is -0.381 e. The molecule has 1 saturated heterocycles. The molecule has 33 heavy (non-hydrogen) atoms. The summed E-state index contributed by atoms with van der Waals surface area (Å²) in [6.07, 6.45) is 3.27. The van der Waals surface area contributed by atoms with Crippen LogP contribution in [0.5, 0.6) is 0 Å². The lowest BCUT2D eigenvalue weighted by Crippen LogP contribution is -2.42. The van der Waals surface area contributed by atoms with Crippen LogP contribution in [-0.2, 0) is 38.5 Å². The summed E-state index contributed by atoms with van der Waals surface area (Å²) >= 11 is 0. The Morgan fingerprint density at radius 2 is 1.73 bits per heavy atom. The van der Waals surface area contributed by atoms with Crippen LogP contribution < -0.4 is 5.32 Å². The van der Waals surface area contributed by atoms with Crippen molar-refractivity contribution >= 4 is 15.7 Å². The smallest absolute Gasteiger partial charge is 0.381 e. The Balaban J connectivity index is 0.000000555. The maximum absolute atomic E-state index is 13.0. The predicted octanol–water partition coefficient (Wildman–Crippen LogP) is 3.19. The van der Waals surface area contributed by atoms with Crippen LogP contribution >= 0.6 is 0 Å². The number of hydrogen-bond donors (Lipinski definition) is 1. The molecule has 3 aliphatic rings. The lowest BCUT2D eigenvalue weighted by Gasteiger charge is -2.31.